The molecule has 228 valence electrons. The Bertz CT molecular complexity index is 1690. The van der Waals surface area contributed by atoms with Crippen LogP contribution in [0.2, 0.25) is 0 Å². The summed E-state index contributed by atoms with van der Waals surface area (Å²) in [7, 11) is 12.6. The molecule has 0 saturated heterocycles. The van der Waals surface area contributed by atoms with Gasteiger partial charge in [-0.2, -0.15) is 12.1 Å². The molecule has 0 unspecified atom stereocenters. The van der Waals surface area contributed by atoms with E-state index in [1.165, 1.54) is 91.0 Å². The van der Waals surface area contributed by atoms with Crippen LogP contribution in [-0.2, 0) is 30.8 Å². The Morgan fingerprint density at radius 1 is 0.568 bits per heavy atom. The van der Waals surface area contributed by atoms with Crippen molar-refractivity contribution in [2.75, 3.05) is 0 Å². The van der Waals surface area contributed by atoms with Gasteiger partial charge in [-0.3, -0.25) is 0 Å². The Balaban J connectivity index is 0.000000151. The Kier molecular flexibility index (Phi) is 13.3. The van der Waals surface area contributed by atoms with Crippen LogP contribution in [-0.4, -0.2) is 5.43 Å². The second-order valence-corrected chi connectivity index (χ2v) is 30.9. The van der Waals surface area contributed by atoms with Gasteiger partial charge in [-0.1, -0.05) is 77.6 Å². The molecule has 6 aromatic rings. The van der Waals surface area contributed by atoms with Gasteiger partial charge in [0.05, 0.1) is 0 Å². The van der Waals surface area contributed by atoms with E-state index in [-0.39, 0.29) is 0 Å². The molecular weight excluding hydrogens is 671 g/mol. The van der Waals surface area contributed by atoms with Gasteiger partial charge in [0.1, 0.15) is 0 Å². The summed E-state index contributed by atoms with van der Waals surface area (Å²) in [6.07, 6.45) is 4.84. The zero-order valence-electron chi connectivity index (χ0n) is 27.0. The molecular formula is C40H44Cl2SiZr-2. The fourth-order valence-electron chi connectivity index (χ4n) is 5.87. The summed E-state index contributed by atoms with van der Waals surface area (Å²) in [4.78, 5) is 0. The van der Waals surface area contributed by atoms with E-state index in [1.807, 2.05) is 12.1 Å². The molecule has 6 rings (SSSR count). The first-order valence-electron chi connectivity index (χ1n) is 15.7. The van der Waals surface area contributed by atoms with Gasteiger partial charge in [-0.15, -0.1) is 68.1 Å². The number of fused-ring (bicyclic) bond motifs is 2. The van der Waals surface area contributed by atoms with Crippen molar-refractivity contribution in [3.63, 3.8) is 0 Å². The van der Waals surface area contributed by atoms with Gasteiger partial charge in [0.25, 0.3) is 0 Å². The molecule has 0 nitrogen and oxygen atoms in total. The number of hydrogen-bond donors (Lipinski definition) is 0. The SMILES string of the molecule is CCCc1ccc(C)c2[cH-]c(C)cc12.CCCc1ccc(C)c2[cH-]c(C)cc12.[Cl][Zr]([Cl])=[Si](c1ccccc1)c1ccccc1. The van der Waals surface area contributed by atoms with Gasteiger partial charge >= 0.3 is 111 Å². The second kappa shape index (κ2) is 16.9. The zero-order valence-corrected chi connectivity index (χ0v) is 31.9. The summed E-state index contributed by atoms with van der Waals surface area (Å²) in [6.45, 7) is 13.2. The minimum absolute atomic E-state index is 0.889. The average molecular weight is 715 g/mol. The van der Waals surface area contributed by atoms with Gasteiger partial charge in [0, 0.05) is 0 Å². The van der Waals surface area contributed by atoms with Crippen LogP contribution in [0.15, 0.2) is 109 Å². The van der Waals surface area contributed by atoms with Crippen LogP contribution in [0.3, 0.4) is 0 Å². The van der Waals surface area contributed by atoms with Crippen molar-refractivity contribution >= 4 is 54.4 Å². The first-order chi connectivity index (χ1) is 21.2. The van der Waals surface area contributed by atoms with E-state index in [0.717, 1.165) is 0 Å². The molecule has 0 fully saturated rings. The normalized spacial score (nSPS) is 10.6. The van der Waals surface area contributed by atoms with E-state index in [1.54, 1.807) is 0 Å². The molecule has 0 N–H and O–H groups in total. The number of hydrogen-bond acceptors (Lipinski definition) is 0. The average Bonchev–Trinajstić information content (AvgIpc) is 3.62. The molecule has 0 aliphatic carbocycles. The van der Waals surface area contributed by atoms with Crippen molar-refractivity contribution in [3.8, 4) is 0 Å². The summed E-state index contributed by atoms with van der Waals surface area (Å²) in [5.74, 6) is 0. The first-order valence-corrected chi connectivity index (χ1v) is 27.2. The molecule has 0 atom stereocenters. The van der Waals surface area contributed by atoms with Crippen molar-refractivity contribution in [2.24, 2.45) is 0 Å². The third-order valence-electron chi connectivity index (χ3n) is 8.03. The molecule has 0 saturated carbocycles. The molecule has 0 aliphatic heterocycles. The van der Waals surface area contributed by atoms with Crippen LogP contribution in [0, 0.1) is 27.7 Å². The third kappa shape index (κ3) is 8.95. The monoisotopic (exact) mass is 712 g/mol. The van der Waals surface area contributed by atoms with Crippen molar-refractivity contribution in [2.45, 2.75) is 67.2 Å². The molecule has 0 radical (unpaired) electrons. The van der Waals surface area contributed by atoms with Crippen molar-refractivity contribution in [1.29, 1.82) is 0 Å². The van der Waals surface area contributed by atoms with E-state index < -0.39 is 23.4 Å². The number of rotatable bonds is 6. The van der Waals surface area contributed by atoms with E-state index in [9.17, 15) is 0 Å². The molecule has 0 spiro atoms. The number of aryl methyl sites for hydroxylation is 6. The maximum atomic E-state index is 6.32. The van der Waals surface area contributed by atoms with Crippen LogP contribution < -0.4 is 10.4 Å². The fraction of sp³-hybridized carbons (Fsp3) is 0.250. The quantitative estimate of drug-likeness (QED) is 0.119. The number of halogens is 2. The Hall–Kier alpha value is -2.22. The van der Waals surface area contributed by atoms with Gasteiger partial charge in [-0.05, 0) is 12.8 Å². The predicted molar refractivity (Wildman–Crippen MR) is 196 cm³/mol. The summed E-state index contributed by atoms with van der Waals surface area (Å²) < 4.78 is 0. The molecule has 0 heterocycles. The summed E-state index contributed by atoms with van der Waals surface area (Å²) in [5, 5.41) is 8.46. The van der Waals surface area contributed by atoms with E-state index in [2.05, 4.69) is 139 Å². The van der Waals surface area contributed by atoms with Gasteiger partial charge in [0.15, 0.2) is 0 Å². The molecule has 4 heteroatoms. The summed E-state index contributed by atoms with van der Waals surface area (Å²) >= 11 is -2.26. The van der Waals surface area contributed by atoms with Crippen LogP contribution >= 0.6 is 17.0 Å². The standard InChI is InChI=1S/2C14H17.C12H10Si.2ClH.Zr/c2*1-4-5-12-7-6-11(3)13-8-10(2)9-14(12)13;1-3-7-11(8-4-1)13-12-9-5-2-6-10-12;;;/h2*6-9H,4-5H2,1-3H3;1-10H;2*1H;/q2*-1;;;;+2/p-2. The van der Waals surface area contributed by atoms with Crippen LogP contribution in [0.4, 0.5) is 0 Å². The minimum atomic E-state index is -2.26. The van der Waals surface area contributed by atoms with E-state index in [4.69, 9.17) is 17.0 Å². The molecule has 0 bridgehead atoms. The van der Waals surface area contributed by atoms with E-state index >= 15 is 0 Å². The van der Waals surface area contributed by atoms with Gasteiger partial charge in [-0.25, -0.2) is 0 Å². The fourth-order valence-corrected chi connectivity index (χ4v) is 21.1. The third-order valence-corrected chi connectivity index (χ3v) is 24.0. The number of benzene rings is 4. The zero-order chi connectivity index (χ0) is 31.6. The Morgan fingerprint density at radius 2 is 0.955 bits per heavy atom. The topological polar surface area (TPSA) is 0 Å². The first kappa shape index (κ1) is 34.6. The van der Waals surface area contributed by atoms with Crippen LogP contribution in [0.1, 0.15) is 60.1 Å². The van der Waals surface area contributed by atoms with Gasteiger partial charge in [0.2, 0.25) is 0 Å². The summed E-state index contributed by atoms with van der Waals surface area (Å²) in [6, 6.07) is 39.1. The Morgan fingerprint density at radius 3 is 1.30 bits per heavy atom. The van der Waals surface area contributed by atoms with Crippen molar-refractivity contribution in [1.82, 2.24) is 0 Å². The second-order valence-electron chi connectivity index (χ2n) is 11.7. The summed E-state index contributed by atoms with van der Waals surface area (Å²) in [5.41, 5.74) is 7.67. The van der Waals surface area contributed by atoms with Crippen molar-refractivity contribution < 1.29 is 18.0 Å². The van der Waals surface area contributed by atoms with Crippen molar-refractivity contribution in [3.05, 3.63) is 143 Å². The molecule has 6 aromatic carbocycles. The van der Waals surface area contributed by atoms with Crippen LogP contribution in [0.5, 0.6) is 0 Å². The maximum absolute atomic E-state index is 6.32. The predicted octanol–water partition coefficient (Wildman–Crippen LogP) is 11.0. The molecule has 0 aliphatic rings. The van der Waals surface area contributed by atoms with E-state index in [0.29, 0.717) is 0 Å². The molecule has 44 heavy (non-hydrogen) atoms. The molecule has 0 amide bonds. The van der Waals surface area contributed by atoms with Crippen LogP contribution in [0.25, 0.3) is 21.5 Å². The Labute approximate surface area is 280 Å². The molecule has 0 aromatic heterocycles. The van der Waals surface area contributed by atoms with Gasteiger partial charge < -0.3 is 0 Å².